The average molecular weight is 574 g/mol. The number of carbonyl (C=O) groups excluding carboxylic acids is 3. The van der Waals surface area contributed by atoms with Crippen LogP contribution in [0, 0.1) is 5.82 Å². The van der Waals surface area contributed by atoms with E-state index in [1.807, 2.05) is 0 Å². The number of halogens is 4. The van der Waals surface area contributed by atoms with E-state index < -0.39 is 53.0 Å². The Labute approximate surface area is 229 Å². The number of nitrogens with zero attached hydrogens (tertiary/aromatic N) is 1. The van der Waals surface area contributed by atoms with E-state index in [1.54, 1.807) is 0 Å². The first-order valence-corrected chi connectivity index (χ1v) is 12.1. The number of benzene rings is 2. The number of ether oxygens (including phenoxy) is 2. The fourth-order valence-corrected chi connectivity index (χ4v) is 4.47. The van der Waals surface area contributed by atoms with Crippen LogP contribution in [0.25, 0.3) is 11.3 Å². The van der Waals surface area contributed by atoms with Crippen molar-refractivity contribution in [1.82, 2.24) is 10.3 Å². The highest BCUT2D eigenvalue weighted by molar-refractivity contribution is 6.00. The van der Waals surface area contributed by atoms with E-state index in [-0.39, 0.29) is 52.8 Å². The van der Waals surface area contributed by atoms with Crippen molar-refractivity contribution in [2.24, 2.45) is 5.73 Å². The van der Waals surface area contributed by atoms with Crippen LogP contribution in [-0.2, 0) is 20.6 Å². The van der Waals surface area contributed by atoms with Crippen molar-refractivity contribution in [2.75, 3.05) is 25.1 Å². The highest BCUT2D eigenvalue weighted by Crippen LogP contribution is 2.47. The predicted molar refractivity (Wildman–Crippen MR) is 135 cm³/mol. The molecule has 3 heterocycles. The van der Waals surface area contributed by atoms with Gasteiger partial charge < -0.3 is 30.9 Å². The van der Waals surface area contributed by atoms with Crippen molar-refractivity contribution >= 4 is 23.4 Å². The summed E-state index contributed by atoms with van der Waals surface area (Å²) in [5, 5.41) is 15.7. The summed E-state index contributed by atoms with van der Waals surface area (Å²) in [6, 6.07) is 9.32. The Hall–Kier alpha value is -4.72. The SMILES string of the molecule is C[C@]1(C(N)=O)COc2c1cc([C@@](O)(CNC(=O)c1ccc3c(c1)NC(=O)CO3)C(F)(F)F)nc2-c1ccc(F)cc1. The maximum absolute atomic E-state index is 14.5. The molecule has 0 aliphatic carbocycles. The van der Waals surface area contributed by atoms with Crippen LogP contribution >= 0.6 is 0 Å². The Balaban J connectivity index is 1.56. The molecule has 10 nitrogen and oxygen atoms in total. The van der Waals surface area contributed by atoms with Crippen molar-refractivity contribution < 1.29 is 46.5 Å². The summed E-state index contributed by atoms with van der Waals surface area (Å²) in [7, 11) is 0. The summed E-state index contributed by atoms with van der Waals surface area (Å²) in [5.74, 6) is -2.77. The Bertz CT molecular complexity index is 1580. The van der Waals surface area contributed by atoms with E-state index in [0.717, 1.165) is 18.2 Å². The van der Waals surface area contributed by atoms with Gasteiger partial charge in [0.05, 0.1) is 17.9 Å². The quantitative estimate of drug-likeness (QED) is 0.330. The first-order valence-electron chi connectivity index (χ1n) is 12.1. The van der Waals surface area contributed by atoms with Gasteiger partial charge in [0.25, 0.3) is 11.8 Å². The molecule has 0 fully saturated rings. The zero-order chi connectivity index (χ0) is 29.7. The summed E-state index contributed by atoms with van der Waals surface area (Å²) in [6.07, 6.45) is -5.37. The molecule has 2 aliphatic rings. The van der Waals surface area contributed by atoms with Crippen LogP contribution in [0.4, 0.5) is 23.2 Å². The number of pyridine rings is 1. The molecule has 3 aromatic rings. The Kier molecular flexibility index (Phi) is 6.60. The molecule has 5 rings (SSSR count). The molecule has 0 radical (unpaired) electrons. The smallest absolute Gasteiger partial charge is 0.424 e. The van der Waals surface area contributed by atoms with Crippen molar-refractivity contribution in [1.29, 1.82) is 0 Å². The number of fused-ring (bicyclic) bond motifs is 2. The largest absolute Gasteiger partial charge is 0.489 e. The van der Waals surface area contributed by atoms with Crippen LogP contribution in [0.3, 0.4) is 0 Å². The van der Waals surface area contributed by atoms with Crippen LogP contribution in [0.5, 0.6) is 11.5 Å². The second kappa shape index (κ2) is 9.73. The number of nitrogens with two attached hydrogens (primary N) is 1. The molecular formula is C27H22F4N4O6. The number of primary amides is 1. The molecule has 3 amide bonds. The van der Waals surface area contributed by atoms with Gasteiger partial charge in [-0.3, -0.25) is 14.4 Å². The molecular weight excluding hydrogens is 552 g/mol. The number of alkyl halides is 3. The van der Waals surface area contributed by atoms with Crippen molar-refractivity contribution in [2.45, 2.75) is 24.1 Å². The standard InChI is InChI=1S/C27H22F4N4O6/c1-25(24(32)38)12-41-22-16(25)9-19(35-21(22)13-2-5-15(28)6-3-13)26(39,27(29,30)31)11-33-23(37)14-4-7-18-17(8-14)34-20(36)10-40-18/h2-9,39H,10-12H2,1H3,(H2,32,38)(H,33,37)(H,34,36)/t25-,26-/m0/s1. The van der Waals surface area contributed by atoms with E-state index in [2.05, 4.69) is 15.6 Å². The summed E-state index contributed by atoms with van der Waals surface area (Å²) >= 11 is 0. The number of hydrogen-bond donors (Lipinski definition) is 4. The summed E-state index contributed by atoms with van der Waals surface area (Å²) in [5.41, 5.74) is -0.809. The molecule has 0 saturated carbocycles. The van der Waals surface area contributed by atoms with Gasteiger partial charge in [-0.15, -0.1) is 0 Å². The second-order valence-electron chi connectivity index (χ2n) is 9.81. The Morgan fingerprint density at radius 1 is 1.15 bits per heavy atom. The summed E-state index contributed by atoms with van der Waals surface area (Å²) < 4.78 is 68.0. The van der Waals surface area contributed by atoms with Crippen molar-refractivity contribution in [3.63, 3.8) is 0 Å². The molecule has 41 heavy (non-hydrogen) atoms. The fraction of sp³-hybridized carbons (Fsp3) is 0.259. The molecule has 0 spiro atoms. The first kappa shape index (κ1) is 27.8. The molecule has 1 aromatic heterocycles. The van der Waals surface area contributed by atoms with E-state index in [4.69, 9.17) is 15.2 Å². The lowest BCUT2D eigenvalue weighted by molar-refractivity contribution is -0.265. The number of hydrogen-bond acceptors (Lipinski definition) is 7. The van der Waals surface area contributed by atoms with Gasteiger partial charge >= 0.3 is 6.18 Å². The van der Waals surface area contributed by atoms with Gasteiger partial charge in [0, 0.05) is 16.7 Å². The molecule has 2 atom stereocenters. The Morgan fingerprint density at radius 3 is 2.51 bits per heavy atom. The molecule has 0 bridgehead atoms. The average Bonchev–Trinajstić information content (AvgIpc) is 3.28. The van der Waals surface area contributed by atoms with Gasteiger partial charge in [-0.1, -0.05) is 0 Å². The van der Waals surface area contributed by atoms with E-state index in [0.29, 0.717) is 0 Å². The lowest BCUT2D eigenvalue weighted by Crippen LogP contribution is -2.51. The number of amides is 3. The minimum absolute atomic E-state index is 0.0476. The predicted octanol–water partition coefficient (Wildman–Crippen LogP) is 2.53. The zero-order valence-corrected chi connectivity index (χ0v) is 21.3. The van der Waals surface area contributed by atoms with E-state index in [9.17, 15) is 37.1 Å². The molecule has 2 aromatic carbocycles. The molecule has 0 unspecified atom stereocenters. The molecule has 5 N–H and O–H groups in total. The van der Waals surface area contributed by atoms with Crippen LogP contribution in [0.15, 0.2) is 48.5 Å². The number of aliphatic hydroxyl groups is 1. The van der Waals surface area contributed by atoms with Gasteiger partial charge in [-0.2, -0.15) is 13.2 Å². The maximum Gasteiger partial charge on any atom is 0.424 e. The topological polar surface area (TPSA) is 153 Å². The molecule has 2 aliphatic heterocycles. The number of carbonyl (C=O) groups is 3. The van der Waals surface area contributed by atoms with Gasteiger partial charge in [-0.05, 0) is 55.5 Å². The normalized spacial score (nSPS) is 19.1. The van der Waals surface area contributed by atoms with Crippen LogP contribution < -0.4 is 25.8 Å². The third-order valence-electron chi connectivity index (χ3n) is 7.01. The van der Waals surface area contributed by atoms with Gasteiger partial charge in [0.15, 0.2) is 6.61 Å². The van der Waals surface area contributed by atoms with Gasteiger partial charge in [0.2, 0.25) is 11.5 Å². The highest BCUT2D eigenvalue weighted by Gasteiger charge is 2.57. The maximum atomic E-state index is 14.5. The van der Waals surface area contributed by atoms with Crippen LogP contribution in [0.1, 0.15) is 28.5 Å². The van der Waals surface area contributed by atoms with Gasteiger partial charge in [-0.25, -0.2) is 9.37 Å². The minimum Gasteiger partial charge on any atom is -0.489 e. The monoisotopic (exact) mass is 574 g/mol. The second-order valence-corrected chi connectivity index (χ2v) is 9.81. The number of aromatic nitrogens is 1. The number of anilines is 1. The Morgan fingerprint density at radius 2 is 1.85 bits per heavy atom. The lowest BCUT2D eigenvalue weighted by atomic mass is 9.81. The molecule has 0 saturated heterocycles. The van der Waals surface area contributed by atoms with Crippen molar-refractivity contribution in [3.8, 4) is 22.8 Å². The molecule has 14 heteroatoms. The van der Waals surface area contributed by atoms with Crippen LogP contribution in [-0.4, -0.2) is 53.7 Å². The van der Waals surface area contributed by atoms with E-state index >= 15 is 0 Å². The molecule has 214 valence electrons. The lowest BCUT2D eigenvalue weighted by Gasteiger charge is -2.31. The number of nitrogens with one attached hydrogen (secondary N) is 2. The summed E-state index contributed by atoms with van der Waals surface area (Å²) in [4.78, 5) is 40.8. The third kappa shape index (κ3) is 4.79. The van der Waals surface area contributed by atoms with Crippen molar-refractivity contribution in [3.05, 3.63) is 71.2 Å². The van der Waals surface area contributed by atoms with E-state index in [1.165, 1.54) is 37.3 Å². The highest BCUT2D eigenvalue weighted by atomic mass is 19.4. The fourth-order valence-electron chi connectivity index (χ4n) is 4.47. The summed E-state index contributed by atoms with van der Waals surface area (Å²) in [6.45, 7) is -0.550. The van der Waals surface area contributed by atoms with Crippen LogP contribution in [0.2, 0.25) is 0 Å². The minimum atomic E-state index is -5.37. The number of rotatable bonds is 6. The third-order valence-corrected chi connectivity index (χ3v) is 7.01. The zero-order valence-electron chi connectivity index (χ0n) is 21.3. The van der Waals surface area contributed by atoms with Gasteiger partial charge in [0.1, 0.15) is 35.0 Å². The first-order chi connectivity index (χ1) is 19.2.